The van der Waals surface area contributed by atoms with Crippen molar-refractivity contribution in [2.24, 2.45) is 0 Å². The highest BCUT2D eigenvalue weighted by Gasteiger charge is 2.55. The van der Waals surface area contributed by atoms with Crippen molar-refractivity contribution in [2.75, 3.05) is 26.4 Å². The van der Waals surface area contributed by atoms with Crippen LogP contribution in [0.15, 0.2) is 86.0 Å². The van der Waals surface area contributed by atoms with E-state index < -0.39 is 84.8 Å². The molecular formula is C38H34F2N10O13P2S3. The molecule has 5 aliphatic heterocycles. The lowest BCUT2D eigenvalue weighted by Gasteiger charge is -2.32. The molecule has 4 aromatic heterocycles. The average molecular weight is 1030 g/mol. The van der Waals surface area contributed by atoms with Crippen LogP contribution in [0.3, 0.4) is 0 Å². The molecule has 356 valence electrons. The number of hydrogen-bond donors (Lipinski definition) is 0. The Morgan fingerprint density at radius 2 is 1.18 bits per heavy atom. The molecule has 5 aliphatic rings. The molecule has 11 rings (SSSR count). The first-order valence-electron chi connectivity index (χ1n) is 20.3. The number of nitro groups is 2. The first kappa shape index (κ1) is 46.6. The zero-order valence-corrected chi connectivity index (χ0v) is 38.8. The van der Waals surface area contributed by atoms with Gasteiger partial charge in [-0.2, -0.15) is 9.97 Å². The Kier molecular flexibility index (Phi) is 13.3. The van der Waals surface area contributed by atoms with E-state index in [4.69, 9.17) is 48.8 Å². The number of para-hydroxylation sites is 2. The second-order valence-electron chi connectivity index (χ2n) is 15.1. The second-order valence-corrected chi connectivity index (χ2v) is 25.4. The smallest absolute Gasteiger partial charge is 0.390 e. The van der Waals surface area contributed by atoms with Crippen LogP contribution in [-0.2, 0) is 55.4 Å². The van der Waals surface area contributed by atoms with Crippen LogP contribution in [0.2, 0.25) is 0 Å². The molecule has 30 heteroatoms. The summed E-state index contributed by atoms with van der Waals surface area (Å²) in [6.45, 7) is -6.07. The molecule has 0 aliphatic carbocycles. The summed E-state index contributed by atoms with van der Waals surface area (Å²) in [7, 11) is 0. The van der Waals surface area contributed by atoms with Gasteiger partial charge in [-0.3, -0.25) is 38.4 Å². The first-order valence-corrected chi connectivity index (χ1v) is 27.7. The van der Waals surface area contributed by atoms with Crippen LogP contribution in [0, 0.1) is 20.2 Å². The van der Waals surface area contributed by atoms with Gasteiger partial charge in [0.25, 0.3) is 11.4 Å². The fourth-order valence-corrected chi connectivity index (χ4v) is 15.5. The summed E-state index contributed by atoms with van der Waals surface area (Å²) in [4.78, 5) is 48.7. The summed E-state index contributed by atoms with van der Waals surface area (Å²) in [6.07, 6.45) is -5.56. The molecule has 2 aromatic carbocycles. The zero-order chi connectivity index (χ0) is 47.2. The quantitative estimate of drug-likeness (QED) is 0.0626. The highest BCUT2D eigenvalue weighted by molar-refractivity contribution is 8.67. The number of alkyl halides is 2. The fourth-order valence-electron chi connectivity index (χ4n) is 7.73. The summed E-state index contributed by atoms with van der Waals surface area (Å²) in [5.41, 5.74) is -3.58. The predicted octanol–water partition coefficient (Wildman–Crippen LogP) is 7.30. The molecule has 68 heavy (non-hydrogen) atoms. The molecular weight excluding hydrogens is 1000 g/mol. The molecule has 3 saturated heterocycles. The van der Waals surface area contributed by atoms with Gasteiger partial charge in [0, 0.05) is 34.8 Å². The first-order chi connectivity index (χ1) is 32.9. The number of hydrogen-bond acceptors (Lipinski definition) is 22. The van der Waals surface area contributed by atoms with Crippen LogP contribution in [-0.4, -0.2) is 112 Å². The lowest BCUT2D eigenvalue weighted by molar-refractivity contribution is -0.385. The number of rotatable bonds is 8. The third kappa shape index (κ3) is 9.22. The van der Waals surface area contributed by atoms with Gasteiger partial charge in [0.05, 0.1) is 35.7 Å². The molecule has 10 atom stereocenters. The number of benzene rings is 2. The number of ether oxygens (including phenoxy) is 4. The molecule has 23 nitrogen and oxygen atoms in total. The highest BCUT2D eigenvalue weighted by Crippen LogP contribution is 2.67. The van der Waals surface area contributed by atoms with E-state index in [0.717, 1.165) is 11.4 Å². The monoisotopic (exact) mass is 1030 g/mol. The van der Waals surface area contributed by atoms with Gasteiger partial charge in [-0.15, -0.1) is 0 Å². The van der Waals surface area contributed by atoms with Crippen molar-refractivity contribution in [3.8, 4) is 11.8 Å². The van der Waals surface area contributed by atoms with E-state index in [1.165, 1.54) is 70.8 Å². The van der Waals surface area contributed by atoms with Crippen molar-refractivity contribution in [3.63, 3.8) is 0 Å². The van der Waals surface area contributed by atoms with Crippen molar-refractivity contribution in [1.29, 1.82) is 0 Å². The van der Waals surface area contributed by atoms with Crippen molar-refractivity contribution >= 4 is 80.8 Å². The molecule has 0 N–H and O–H groups in total. The van der Waals surface area contributed by atoms with Gasteiger partial charge >= 0.3 is 6.80 Å². The summed E-state index contributed by atoms with van der Waals surface area (Å²) < 4.78 is 102. The Balaban J connectivity index is 1.09. The van der Waals surface area contributed by atoms with Crippen molar-refractivity contribution in [2.45, 2.75) is 60.7 Å². The Morgan fingerprint density at radius 1 is 0.691 bits per heavy atom. The van der Waals surface area contributed by atoms with Gasteiger partial charge in [-0.1, -0.05) is 47.8 Å². The fraction of sp³-hybridized carbons (Fsp3) is 0.368. The molecule has 0 amide bonds. The standard InChI is InChI=1S/C38H34F2N10O13P2S3/c39-27-31-26-14-59-65(66,68-16-22-8-2-4-10-24(22)50(53)54)63-32-25(13-58-64(55,62-31)67-15-21-7-1-3-9-23(21)49(51)52)60-38(28(32)40)48-20-46-30-34(48)42-18-44-36(30)57-12-6-5-11-56-35-29-33(41-17-43-35)47(19-45-29)37(27)61-26/h1-10,17-20,25-28,31-32,37-38H,11-16H2/b6-5+/t25-,26-,27-,28-,31-,32-,37-,38-,64-,65-/m1/s1. The van der Waals surface area contributed by atoms with Crippen LogP contribution in [0.25, 0.3) is 22.3 Å². The summed E-state index contributed by atoms with van der Waals surface area (Å²) in [6, 6.07) is 11.7. The van der Waals surface area contributed by atoms with Crippen LogP contribution in [0.5, 0.6) is 11.8 Å². The maximum absolute atomic E-state index is 17.4. The number of aromatic nitrogens is 8. The molecule has 0 radical (unpaired) electrons. The number of fused-ring (bicyclic) bond motifs is 10. The van der Waals surface area contributed by atoms with Gasteiger partial charge in [-0.25, -0.2) is 33.3 Å². The second kappa shape index (κ2) is 19.3. The van der Waals surface area contributed by atoms with Gasteiger partial charge < -0.3 is 28.0 Å². The van der Waals surface area contributed by atoms with Crippen LogP contribution in [0.4, 0.5) is 20.2 Å². The van der Waals surface area contributed by atoms with Crippen LogP contribution < -0.4 is 9.47 Å². The Morgan fingerprint density at radius 3 is 1.71 bits per heavy atom. The lowest BCUT2D eigenvalue weighted by atomic mass is 10.1. The summed E-state index contributed by atoms with van der Waals surface area (Å²) in [5, 5.41) is 24.0. The Bertz CT molecular complexity index is 2840. The lowest BCUT2D eigenvalue weighted by Crippen LogP contribution is -2.37. The van der Waals surface area contributed by atoms with E-state index in [1.807, 2.05) is 0 Å². The topological polar surface area (TPSA) is 264 Å². The molecule has 14 bridgehead atoms. The maximum Gasteiger partial charge on any atom is 0.390 e. The average Bonchev–Trinajstić information content (AvgIpc) is 4.11. The van der Waals surface area contributed by atoms with Gasteiger partial charge in [0.1, 0.15) is 50.3 Å². The zero-order valence-electron chi connectivity index (χ0n) is 34.6. The van der Waals surface area contributed by atoms with Crippen molar-refractivity contribution in [1.82, 2.24) is 39.0 Å². The number of imidazole rings is 2. The third-order valence-electron chi connectivity index (χ3n) is 11.0. The number of halogens is 2. The van der Waals surface area contributed by atoms with E-state index in [9.17, 15) is 20.2 Å². The van der Waals surface area contributed by atoms with E-state index in [2.05, 4.69) is 29.9 Å². The summed E-state index contributed by atoms with van der Waals surface area (Å²) >= 11 is 7.47. The molecule has 0 saturated carbocycles. The normalized spacial score (nSPS) is 30.1. The summed E-state index contributed by atoms with van der Waals surface area (Å²) in [5.74, 6) is -0.358. The van der Waals surface area contributed by atoms with E-state index in [1.54, 1.807) is 24.3 Å². The van der Waals surface area contributed by atoms with Crippen molar-refractivity contribution in [3.05, 3.63) is 117 Å². The molecule has 3 fully saturated rings. The largest absolute Gasteiger partial charge is 0.472 e. The minimum absolute atomic E-state index is 0.000885. The molecule has 0 unspecified atom stereocenters. The Labute approximate surface area is 394 Å². The minimum Gasteiger partial charge on any atom is -0.472 e. The van der Waals surface area contributed by atoms with E-state index >= 15 is 13.3 Å². The van der Waals surface area contributed by atoms with Crippen LogP contribution >= 0.6 is 35.3 Å². The van der Waals surface area contributed by atoms with E-state index in [-0.39, 0.29) is 81.3 Å². The Hall–Kier alpha value is -5.12. The maximum atomic E-state index is 17.4. The predicted molar refractivity (Wildman–Crippen MR) is 241 cm³/mol. The molecule has 0 spiro atoms. The SMILES string of the molecule is O=[N+]([O-])c1ccccc1CS[P@]1(=O)OC[C@H]2O[C@@H]3[C@H](F)[C@@H]2O[P@](=S)(SCc2ccccc2[N+](=O)[O-])OC[C@H]2O[C@H]([C@H](F)[C@@H]2O1)n1cnc2c(ncnc21)OC/C=C/COc1ncnc2c1ncn23. The molecule has 6 aromatic rings. The van der Waals surface area contributed by atoms with Gasteiger partial charge in [-0.05, 0) is 35.3 Å². The van der Waals surface area contributed by atoms with Crippen LogP contribution in [0.1, 0.15) is 23.6 Å². The number of nitro benzene ring substituents is 2. The third-order valence-corrected chi connectivity index (χ3v) is 19.8. The van der Waals surface area contributed by atoms with Gasteiger partial charge in [0.2, 0.25) is 17.5 Å². The highest BCUT2D eigenvalue weighted by atomic mass is 32.9. The van der Waals surface area contributed by atoms with E-state index in [0.29, 0.717) is 11.4 Å². The van der Waals surface area contributed by atoms with Gasteiger partial charge in [0.15, 0.2) is 47.1 Å². The minimum atomic E-state index is -4.71. The number of nitrogens with zero attached hydrogens (tertiary/aromatic N) is 10. The molecule has 9 heterocycles. The van der Waals surface area contributed by atoms with Crippen molar-refractivity contribution < 1.29 is 60.2 Å².